The fraction of sp³-hybridized carbons (Fsp3) is 0.429. The molecule has 1 aliphatic heterocycles. The lowest BCUT2D eigenvalue weighted by Crippen LogP contribution is -2.46. The fourth-order valence-corrected chi connectivity index (χ4v) is 3.42. The maximum absolute atomic E-state index is 12.8. The van der Waals surface area contributed by atoms with Crippen molar-refractivity contribution in [1.82, 2.24) is 4.90 Å². The lowest BCUT2D eigenvalue weighted by molar-refractivity contribution is -0.150. The third-order valence-corrected chi connectivity index (χ3v) is 4.99. The van der Waals surface area contributed by atoms with Crippen LogP contribution in [0, 0.1) is 5.92 Å². The van der Waals surface area contributed by atoms with E-state index in [0.717, 1.165) is 10.8 Å². The molecule has 1 fully saturated rings. The highest BCUT2D eigenvalue weighted by atomic mass is 16.5. The number of rotatable bonds is 5. The normalized spacial score (nSPS) is 16.3. The predicted molar refractivity (Wildman–Crippen MR) is 100.0 cm³/mol. The Bertz CT molecular complexity index is 780. The van der Waals surface area contributed by atoms with Gasteiger partial charge in [0.05, 0.1) is 13.0 Å². The maximum Gasteiger partial charge on any atom is 0.308 e. The smallest absolute Gasteiger partial charge is 0.308 e. The van der Waals surface area contributed by atoms with Gasteiger partial charge in [0, 0.05) is 13.1 Å². The number of ether oxygens (including phenoxy) is 2. The van der Waals surface area contributed by atoms with E-state index in [1.807, 2.05) is 49.4 Å². The number of esters is 1. The Kier molecular flexibility index (Phi) is 5.76. The van der Waals surface area contributed by atoms with Gasteiger partial charge in [0.15, 0.2) is 6.10 Å². The van der Waals surface area contributed by atoms with Gasteiger partial charge in [-0.25, -0.2) is 0 Å². The summed E-state index contributed by atoms with van der Waals surface area (Å²) in [6, 6.07) is 13.9. The van der Waals surface area contributed by atoms with Crippen LogP contribution in [0.2, 0.25) is 0 Å². The molecule has 1 saturated heterocycles. The van der Waals surface area contributed by atoms with Crippen LogP contribution in [0.1, 0.15) is 26.2 Å². The lowest BCUT2D eigenvalue weighted by atomic mass is 9.96. The summed E-state index contributed by atoms with van der Waals surface area (Å²) < 4.78 is 10.8. The van der Waals surface area contributed by atoms with Crippen molar-refractivity contribution in [2.75, 3.05) is 20.2 Å². The average Bonchev–Trinajstić information content (AvgIpc) is 2.71. The first-order chi connectivity index (χ1) is 12.6. The first kappa shape index (κ1) is 18.2. The molecule has 2 aromatic carbocycles. The van der Waals surface area contributed by atoms with Gasteiger partial charge in [-0.2, -0.15) is 0 Å². The van der Waals surface area contributed by atoms with E-state index >= 15 is 0 Å². The highest BCUT2D eigenvalue weighted by molar-refractivity contribution is 5.84. The molecule has 0 saturated carbocycles. The van der Waals surface area contributed by atoms with Gasteiger partial charge in [0.1, 0.15) is 5.75 Å². The zero-order valence-corrected chi connectivity index (χ0v) is 15.3. The first-order valence-corrected chi connectivity index (χ1v) is 9.14. The Labute approximate surface area is 153 Å². The van der Waals surface area contributed by atoms with Crippen molar-refractivity contribution < 1.29 is 19.1 Å². The molecule has 5 nitrogen and oxygen atoms in total. The molecule has 0 aliphatic carbocycles. The number of nitrogens with zero attached hydrogens (tertiary/aromatic N) is 1. The second-order valence-corrected chi connectivity index (χ2v) is 6.65. The highest BCUT2D eigenvalue weighted by Gasteiger charge is 2.31. The van der Waals surface area contributed by atoms with E-state index in [0.29, 0.717) is 38.1 Å². The minimum absolute atomic E-state index is 0.0102. The van der Waals surface area contributed by atoms with Gasteiger partial charge in [-0.3, -0.25) is 9.59 Å². The standard InChI is InChI=1S/C21H25NO4/c1-3-19(20(23)22-12-10-16(11-13-22)21(24)25-2)26-18-9-8-15-6-4-5-7-17(15)14-18/h4-9,14,16,19H,3,10-13H2,1-2H3/t19-/m0/s1. The molecule has 0 N–H and O–H groups in total. The molecule has 0 aromatic heterocycles. The molecule has 138 valence electrons. The summed E-state index contributed by atoms with van der Waals surface area (Å²) in [7, 11) is 1.41. The summed E-state index contributed by atoms with van der Waals surface area (Å²) in [4.78, 5) is 26.3. The van der Waals surface area contributed by atoms with Crippen LogP contribution in [-0.4, -0.2) is 43.1 Å². The van der Waals surface area contributed by atoms with Gasteiger partial charge in [-0.1, -0.05) is 37.3 Å². The van der Waals surface area contributed by atoms with Gasteiger partial charge in [-0.05, 0) is 42.2 Å². The molecule has 0 spiro atoms. The Balaban J connectivity index is 1.64. The molecule has 0 unspecified atom stereocenters. The third kappa shape index (κ3) is 3.98. The van der Waals surface area contributed by atoms with E-state index in [9.17, 15) is 9.59 Å². The maximum atomic E-state index is 12.8. The number of methoxy groups -OCH3 is 1. The third-order valence-electron chi connectivity index (χ3n) is 4.99. The van der Waals surface area contributed by atoms with Crippen molar-refractivity contribution in [3.8, 4) is 5.75 Å². The van der Waals surface area contributed by atoms with Crippen molar-refractivity contribution >= 4 is 22.6 Å². The molecule has 1 aliphatic rings. The number of carbonyl (C=O) groups is 2. The van der Waals surface area contributed by atoms with Gasteiger partial charge in [-0.15, -0.1) is 0 Å². The SMILES string of the molecule is CC[C@H](Oc1ccc2ccccc2c1)C(=O)N1CCC(C(=O)OC)CC1. The van der Waals surface area contributed by atoms with E-state index < -0.39 is 6.10 Å². The lowest BCUT2D eigenvalue weighted by Gasteiger charge is -2.33. The summed E-state index contributed by atoms with van der Waals surface area (Å²) >= 11 is 0. The van der Waals surface area contributed by atoms with Gasteiger partial charge in [0.2, 0.25) is 0 Å². The number of hydrogen-bond donors (Lipinski definition) is 0. The molecule has 5 heteroatoms. The van der Waals surface area contributed by atoms with E-state index in [1.165, 1.54) is 7.11 Å². The summed E-state index contributed by atoms with van der Waals surface area (Å²) in [5.41, 5.74) is 0. The topological polar surface area (TPSA) is 55.8 Å². The second-order valence-electron chi connectivity index (χ2n) is 6.65. The number of amides is 1. The Morgan fingerprint density at radius 2 is 1.81 bits per heavy atom. The van der Waals surface area contributed by atoms with Crippen molar-refractivity contribution in [3.05, 3.63) is 42.5 Å². The van der Waals surface area contributed by atoms with Crippen LogP contribution in [0.3, 0.4) is 0 Å². The molecule has 2 aromatic rings. The van der Waals surface area contributed by atoms with Gasteiger partial charge >= 0.3 is 5.97 Å². The molecule has 3 rings (SSSR count). The summed E-state index contributed by atoms with van der Waals surface area (Å²) in [6.07, 6.45) is 1.38. The molecule has 1 heterocycles. The van der Waals surface area contributed by atoms with Gasteiger partial charge < -0.3 is 14.4 Å². The van der Waals surface area contributed by atoms with Crippen LogP contribution in [0.4, 0.5) is 0 Å². The summed E-state index contributed by atoms with van der Waals surface area (Å²) in [5, 5.41) is 2.23. The van der Waals surface area contributed by atoms with Crippen molar-refractivity contribution in [2.24, 2.45) is 5.92 Å². The van der Waals surface area contributed by atoms with E-state index in [1.54, 1.807) is 4.90 Å². The van der Waals surface area contributed by atoms with Crippen LogP contribution in [0.5, 0.6) is 5.75 Å². The monoisotopic (exact) mass is 355 g/mol. The van der Waals surface area contributed by atoms with Crippen molar-refractivity contribution in [2.45, 2.75) is 32.3 Å². The number of piperidine rings is 1. The van der Waals surface area contributed by atoms with Crippen LogP contribution in [0.25, 0.3) is 10.8 Å². The minimum Gasteiger partial charge on any atom is -0.481 e. The van der Waals surface area contributed by atoms with Crippen LogP contribution >= 0.6 is 0 Å². The molecule has 0 bridgehead atoms. The zero-order valence-electron chi connectivity index (χ0n) is 15.3. The predicted octanol–water partition coefficient (Wildman–Crippen LogP) is 3.41. The fourth-order valence-electron chi connectivity index (χ4n) is 3.42. The van der Waals surface area contributed by atoms with E-state index in [4.69, 9.17) is 9.47 Å². The summed E-state index contributed by atoms with van der Waals surface area (Å²) in [6.45, 7) is 3.08. The number of likely N-dealkylation sites (tertiary alicyclic amines) is 1. The second kappa shape index (κ2) is 8.21. The van der Waals surface area contributed by atoms with Crippen LogP contribution < -0.4 is 4.74 Å². The van der Waals surface area contributed by atoms with E-state index in [2.05, 4.69) is 0 Å². The van der Waals surface area contributed by atoms with Crippen molar-refractivity contribution in [1.29, 1.82) is 0 Å². The van der Waals surface area contributed by atoms with E-state index in [-0.39, 0.29) is 17.8 Å². The number of benzene rings is 2. The minimum atomic E-state index is -0.508. The average molecular weight is 355 g/mol. The molecule has 26 heavy (non-hydrogen) atoms. The molecular weight excluding hydrogens is 330 g/mol. The Hall–Kier alpha value is -2.56. The van der Waals surface area contributed by atoms with Crippen molar-refractivity contribution in [3.63, 3.8) is 0 Å². The zero-order chi connectivity index (χ0) is 18.5. The molecular formula is C21H25NO4. The largest absolute Gasteiger partial charge is 0.481 e. The van der Waals surface area contributed by atoms with Crippen LogP contribution in [0.15, 0.2) is 42.5 Å². The first-order valence-electron chi connectivity index (χ1n) is 9.14. The molecule has 0 radical (unpaired) electrons. The summed E-state index contributed by atoms with van der Waals surface area (Å²) in [5.74, 6) is 0.402. The quantitative estimate of drug-likeness (QED) is 0.771. The number of hydrogen-bond acceptors (Lipinski definition) is 4. The molecule has 1 atom stereocenters. The Morgan fingerprint density at radius 1 is 1.12 bits per heavy atom. The number of carbonyl (C=O) groups excluding carboxylic acids is 2. The number of fused-ring (bicyclic) bond motifs is 1. The molecule has 1 amide bonds. The van der Waals surface area contributed by atoms with Gasteiger partial charge in [0.25, 0.3) is 5.91 Å². The van der Waals surface area contributed by atoms with Crippen LogP contribution in [-0.2, 0) is 14.3 Å². The highest BCUT2D eigenvalue weighted by Crippen LogP contribution is 2.24. The Morgan fingerprint density at radius 3 is 2.46 bits per heavy atom.